The minimum absolute atomic E-state index is 0.0950. The second-order valence-electron chi connectivity index (χ2n) is 4.90. The first-order valence-corrected chi connectivity index (χ1v) is 7.03. The van der Waals surface area contributed by atoms with Crippen molar-refractivity contribution in [2.24, 2.45) is 0 Å². The summed E-state index contributed by atoms with van der Waals surface area (Å²) in [6.07, 6.45) is 0.0950. The molecule has 1 amide bonds. The van der Waals surface area contributed by atoms with Crippen LogP contribution in [0.3, 0.4) is 0 Å². The Balaban J connectivity index is 1.92. The van der Waals surface area contributed by atoms with Crippen molar-refractivity contribution in [2.75, 3.05) is 32.7 Å². The van der Waals surface area contributed by atoms with Crippen molar-refractivity contribution >= 4 is 23.5 Å². The summed E-state index contributed by atoms with van der Waals surface area (Å²) in [4.78, 5) is 26.5. The number of hydrogen-bond acceptors (Lipinski definition) is 3. The second kappa shape index (κ2) is 6.87. The molecule has 0 saturated carbocycles. The molecular formula is C14H16ClFN2O3. The summed E-state index contributed by atoms with van der Waals surface area (Å²) in [5.41, 5.74) is 0.289. The summed E-state index contributed by atoms with van der Waals surface area (Å²) in [6.45, 7) is 2.74. The van der Waals surface area contributed by atoms with E-state index in [1.54, 1.807) is 4.90 Å². The lowest BCUT2D eigenvalue weighted by Crippen LogP contribution is -2.49. The molecule has 1 aromatic carbocycles. The van der Waals surface area contributed by atoms with Crippen LogP contribution in [-0.4, -0.2) is 59.5 Å². The van der Waals surface area contributed by atoms with Gasteiger partial charge in [0.1, 0.15) is 5.82 Å². The fourth-order valence-corrected chi connectivity index (χ4v) is 2.51. The van der Waals surface area contributed by atoms with Crippen molar-refractivity contribution in [3.63, 3.8) is 0 Å². The van der Waals surface area contributed by atoms with E-state index in [2.05, 4.69) is 0 Å². The number of carboxylic acids is 1. The summed E-state index contributed by atoms with van der Waals surface area (Å²) >= 11 is 5.89. The molecule has 0 unspecified atom stereocenters. The Kier molecular flexibility index (Phi) is 5.14. The predicted molar refractivity (Wildman–Crippen MR) is 76.0 cm³/mol. The third-order valence-corrected chi connectivity index (χ3v) is 3.78. The van der Waals surface area contributed by atoms with Gasteiger partial charge in [0.2, 0.25) is 0 Å². The standard InChI is InChI=1S/C14H16ClFN2O3/c15-12-9-10(16)1-2-11(12)14(21)18-7-5-17(6-8-18)4-3-13(19)20/h1-2,9H,3-8H2,(H,19,20). The SMILES string of the molecule is O=C(O)CCN1CCN(C(=O)c2ccc(F)cc2Cl)CC1. The van der Waals surface area contributed by atoms with E-state index in [4.69, 9.17) is 16.7 Å². The molecule has 0 aliphatic carbocycles. The topological polar surface area (TPSA) is 60.9 Å². The Morgan fingerprint density at radius 2 is 1.90 bits per heavy atom. The zero-order valence-electron chi connectivity index (χ0n) is 11.4. The zero-order chi connectivity index (χ0) is 15.4. The largest absolute Gasteiger partial charge is 0.481 e. The molecule has 1 heterocycles. The fraction of sp³-hybridized carbons (Fsp3) is 0.429. The summed E-state index contributed by atoms with van der Waals surface area (Å²) in [7, 11) is 0. The van der Waals surface area contributed by atoms with Gasteiger partial charge in [0.15, 0.2) is 0 Å². The average Bonchev–Trinajstić information content (AvgIpc) is 2.45. The van der Waals surface area contributed by atoms with Gasteiger partial charge in [-0.05, 0) is 18.2 Å². The van der Waals surface area contributed by atoms with Gasteiger partial charge in [0.05, 0.1) is 17.0 Å². The van der Waals surface area contributed by atoms with Crippen LogP contribution in [0.4, 0.5) is 4.39 Å². The Morgan fingerprint density at radius 1 is 1.24 bits per heavy atom. The Morgan fingerprint density at radius 3 is 2.48 bits per heavy atom. The molecule has 0 aromatic heterocycles. The lowest BCUT2D eigenvalue weighted by molar-refractivity contribution is -0.137. The van der Waals surface area contributed by atoms with Gasteiger partial charge in [-0.15, -0.1) is 0 Å². The summed E-state index contributed by atoms with van der Waals surface area (Å²) in [5.74, 6) is -1.53. The summed E-state index contributed by atoms with van der Waals surface area (Å²) in [6, 6.07) is 3.72. The van der Waals surface area contributed by atoms with Crippen molar-refractivity contribution in [3.05, 3.63) is 34.6 Å². The minimum Gasteiger partial charge on any atom is -0.481 e. The second-order valence-corrected chi connectivity index (χ2v) is 5.31. The van der Waals surface area contributed by atoms with E-state index >= 15 is 0 Å². The number of rotatable bonds is 4. The maximum atomic E-state index is 13.0. The van der Waals surface area contributed by atoms with Gasteiger partial charge in [-0.2, -0.15) is 0 Å². The number of piperazine rings is 1. The Labute approximate surface area is 126 Å². The number of carbonyl (C=O) groups excluding carboxylic acids is 1. The van der Waals surface area contributed by atoms with Crippen LogP contribution < -0.4 is 0 Å². The summed E-state index contributed by atoms with van der Waals surface area (Å²) < 4.78 is 13.0. The minimum atomic E-state index is -0.827. The number of aliphatic carboxylic acids is 1. The quantitative estimate of drug-likeness (QED) is 0.919. The molecule has 2 rings (SSSR count). The van der Waals surface area contributed by atoms with Crippen molar-refractivity contribution < 1.29 is 19.1 Å². The highest BCUT2D eigenvalue weighted by molar-refractivity contribution is 6.33. The Hall–Kier alpha value is -1.66. The van der Waals surface area contributed by atoms with E-state index in [1.807, 2.05) is 4.90 Å². The molecule has 1 N–H and O–H groups in total. The number of carboxylic acid groups (broad SMARTS) is 1. The van der Waals surface area contributed by atoms with Crippen molar-refractivity contribution in [3.8, 4) is 0 Å². The maximum Gasteiger partial charge on any atom is 0.304 e. The van der Waals surface area contributed by atoms with Crippen LogP contribution in [0.15, 0.2) is 18.2 Å². The molecule has 0 bridgehead atoms. The third-order valence-electron chi connectivity index (χ3n) is 3.46. The monoisotopic (exact) mass is 314 g/mol. The van der Waals surface area contributed by atoms with Gasteiger partial charge in [-0.25, -0.2) is 4.39 Å². The molecule has 114 valence electrons. The number of carbonyl (C=O) groups is 2. The molecule has 1 aliphatic rings. The Bertz CT molecular complexity index is 545. The van der Waals surface area contributed by atoms with E-state index < -0.39 is 11.8 Å². The van der Waals surface area contributed by atoms with E-state index in [0.717, 1.165) is 6.07 Å². The van der Waals surface area contributed by atoms with Gasteiger partial charge in [-0.1, -0.05) is 11.6 Å². The predicted octanol–water partition coefficient (Wildman–Crippen LogP) is 1.71. The van der Waals surface area contributed by atoms with Gasteiger partial charge in [-0.3, -0.25) is 14.5 Å². The number of halogens is 2. The average molecular weight is 315 g/mol. The highest BCUT2D eigenvalue weighted by Gasteiger charge is 2.23. The third kappa shape index (κ3) is 4.15. The van der Waals surface area contributed by atoms with E-state index in [1.165, 1.54) is 12.1 Å². The lowest BCUT2D eigenvalue weighted by atomic mass is 10.1. The molecule has 0 spiro atoms. The van der Waals surface area contributed by atoms with Gasteiger partial charge in [0.25, 0.3) is 5.91 Å². The van der Waals surface area contributed by atoms with Crippen molar-refractivity contribution in [1.29, 1.82) is 0 Å². The zero-order valence-corrected chi connectivity index (χ0v) is 12.1. The van der Waals surface area contributed by atoms with Crippen molar-refractivity contribution in [2.45, 2.75) is 6.42 Å². The van der Waals surface area contributed by atoms with Gasteiger partial charge in [0, 0.05) is 32.7 Å². The van der Waals surface area contributed by atoms with E-state index in [9.17, 15) is 14.0 Å². The number of nitrogens with zero attached hydrogens (tertiary/aromatic N) is 2. The molecule has 1 fully saturated rings. The van der Waals surface area contributed by atoms with E-state index in [-0.39, 0.29) is 22.9 Å². The molecule has 7 heteroatoms. The first-order valence-electron chi connectivity index (χ1n) is 6.66. The summed E-state index contributed by atoms with van der Waals surface area (Å²) in [5, 5.41) is 8.75. The fourth-order valence-electron chi connectivity index (χ4n) is 2.26. The van der Waals surface area contributed by atoms with Crippen LogP contribution >= 0.6 is 11.6 Å². The van der Waals surface area contributed by atoms with Gasteiger partial charge < -0.3 is 10.0 Å². The van der Waals surface area contributed by atoms with Crippen LogP contribution in [0.25, 0.3) is 0 Å². The van der Waals surface area contributed by atoms with Crippen LogP contribution in [0.5, 0.6) is 0 Å². The lowest BCUT2D eigenvalue weighted by Gasteiger charge is -2.34. The van der Waals surface area contributed by atoms with Crippen LogP contribution in [-0.2, 0) is 4.79 Å². The molecule has 1 saturated heterocycles. The number of hydrogen-bond donors (Lipinski definition) is 1. The molecule has 1 aliphatic heterocycles. The first kappa shape index (κ1) is 15.7. The van der Waals surface area contributed by atoms with Crippen LogP contribution in [0, 0.1) is 5.82 Å². The number of benzene rings is 1. The highest BCUT2D eigenvalue weighted by atomic mass is 35.5. The maximum absolute atomic E-state index is 13.0. The molecule has 0 radical (unpaired) electrons. The van der Waals surface area contributed by atoms with Crippen molar-refractivity contribution in [1.82, 2.24) is 9.80 Å². The molecule has 5 nitrogen and oxygen atoms in total. The highest BCUT2D eigenvalue weighted by Crippen LogP contribution is 2.19. The van der Waals surface area contributed by atoms with Crippen LogP contribution in [0.1, 0.15) is 16.8 Å². The molecule has 21 heavy (non-hydrogen) atoms. The normalized spacial score (nSPS) is 16.0. The van der Waals surface area contributed by atoms with E-state index in [0.29, 0.717) is 32.7 Å². The van der Waals surface area contributed by atoms with Gasteiger partial charge >= 0.3 is 5.97 Å². The molecule has 0 atom stereocenters. The first-order chi connectivity index (χ1) is 9.97. The molecule has 1 aromatic rings. The van der Waals surface area contributed by atoms with Crippen LogP contribution in [0.2, 0.25) is 5.02 Å². The number of amides is 1. The molecular weight excluding hydrogens is 299 g/mol. The smallest absolute Gasteiger partial charge is 0.304 e.